The van der Waals surface area contributed by atoms with Crippen LogP contribution in [-0.2, 0) is 16.0 Å². The molecule has 0 bridgehead atoms. The van der Waals surface area contributed by atoms with Crippen LogP contribution < -0.4 is 5.32 Å². The minimum atomic E-state index is 0.0176. The molecule has 1 aromatic heterocycles. The van der Waals surface area contributed by atoms with Crippen molar-refractivity contribution in [2.45, 2.75) is 45.1 Å². The Morgan fingerprint density at radius 3 is 3.14 bits per heavy atom. The third kappa shape index (κ3) is 3.42. The number of nitrogens with zero attached hydrogens (tertiary/aromatic N) is 1. The number of aryl methyl sites for hydroxylation is 1. The topological polar surface area (TPSA) is 64.4 Å². The molecule has 5 nitrogen and oxygen atoms in total. The third-order valence-electron chi connectivity index (χ3n) is 3.74. The highest BCUT2D eigenvalue weighted by molar-refractivity contribution is 5.92. The predicted octanol–water partition coefficient (Wildman–Crippen LogP) is 3.29. The summed E-state index contributed by atoms with van der Waals surface area (Å²) in [6, 6.07) is 5.54. The van der Waals surface area contributed by atoms with Crippen LogP contribution >= 0.6 is 0 Å². The standard InChI is InChI=1S/C16H20N2O3/c1-2-16-18-13-10-11(5-7-14(13)21-16)17-15(19)8-6-12-4-3-9-20-12/h5,7,10,12H,2-4,6,8-9H2,1H3,(H,17,19). The molecule has 0 saturated carbocycles. The molecule has 1 unspecified atom stereocenters. The van der Waals surface area contributed by atoms with Crippen LogP contribution in [0.15, 0.2) is 22.6 Å². The molecule has 1 amide bonds. The van der Waals surface area contributed by atoms with Crippen molar-refractivity contribution in [2.24, 2.45) is 0 Å². The van der Waals surface area contributed by atoms with Gasteiger partial charge in [-0.25, -0.2) is 4.98 Å². The second-order valence-corrected chi connectivity index (χ2v) is 5.37. The lowest BCUT2D eigenvalue weighted by molar-refractivity contribution is -0.116. The van der Waals surface area contributed by atoms with Crippen molar-refractivity contribution in [1.82, 2.24) is 4.98 Å². The highest BCUT2D eigenvalue weighted by Crippen LogP contribution is 2.21. The highest BCUT2D eigenvalue weighted by Gasteiger charge is 2.16. The molecule has 1 aliphatic heterocycles. The quantitative estimate of drug-likeness (QED) is 0.917. The number of anilines is 1. The molecule has 0 spiro atoms. The zero-order valence-electron chi connectivity index (χ0n) is 12.2. The van der Waals surface area contributed by atoms with Crippen LogP contribution in [0.25, 0.3) is 11.1 Å². The van der Waals surface area contributed by atoms with E-state index in [9.17, 15) is 4.79 Å². The van der Waals surface area contributed by atoms with E-state index in [1.54, 1.807) is 0 Å². The van der Waals surface area contributed by atoms with Gasteiger partial charge in [0.15, 0.2) is 11.5 Å². The molecule has 1 fully saturated rings. The lowest BCUT2D eigenvalue weighted by Crippen LogP contribution is -2.15. The first-order chi connectivity index (χ1) is 10.2. The molecule has 1 aliphatic rings. The average Bonchev–Trinajstić information content (AvgIpc) is 3.13. The van der Waals surface area contributed by atoms with Crippen molar-refractivity contribution >= 4 is 22.7 Å². The van der Waals surface area contributed by atoms with E-state index in [4.69, 9.17) is 9.15 Å². The summed E-state index contributed by atoms with van der Waals surface area (Å²) in [6.07, 6.45) is 4.46. The first kappa shape index (κ1) is 14.1. The smallest absolute Gasteiger partial charge is 0.224 e. The lowest BCUT2D eigenvalue weighted by Gasteiger charge is -2.09. The zero-order valence-corrected chi connectivity index (χ0v) is 12.2. The van der Waals surface area contributed by atoms with Gasteiger partial charge in [0.05, 0.1) is 6.10 Å². The number of benzene rings is 1. The van der Waals surface area contributed by atoms with Crippen molar-refractivity contribution in [1.29, 1.82) is 0 Å². The lowest BCUT2D eigenvalue weighted by atomic mass is 10.1. The Kier molecular flexibility index (Phi) is 4.20. The summed E-state index contributed by atoms with van der Waals surface area (Å²) in [4.78, 5) is 16.3. The summed E-state index contributed by atoms with van der Waals surface area (Å²) in [6.45, 7) is 2.83. The Morgan fingerprint density at radius 2 is 2.38 bits per heavy atom. The van der Waals surface area contributed by atoms with Gasteiger partial charge in [-0.1, -0.05) is 6.92 Å². The van der Waals surface area contributed by atoms with Crippen LogP contribution in [0.5, 0.6) is 0 Å². The van der Waals surface area contributed by atoms with E-state index in [0.29, 0.717) is 12.3 Å². The van der Waals surface area contributed by atoms with Gasteiger partial charge in [-0.3, -0.25) is 4.79 Å². The maximum atomic E-state index is 12.0. The number of hydrogen-bond donors (Lipinski definition) is 1. The number of oxazole rings is 1. The monoisotopic (exact) mass is 288 g/mol. The summed E-state index contributed by atoms with van der Waals surface area (Å²) in [5, 5.41) is 2.91. The van der Waals surface area contributed by atoms with Gasteiger partial charge in [-0.05, 0) is 37.5 Å². The molecule has 2 aromatic rings. The maximum Gasteiger partial charge on any atom is 0.224 e. The molecular formula is C16H20N2O3. The molecule has 1 aromatic carbocycles. The van der Waals surface area contributed by atoms with Gasteiger partial charge in [0.1, 0.15) is 5.52 Å². The molecule has 3 rings (SSSR count). The van der Waals surface area contributed by atoms with E-state index < -0.39 is 0 Å². The summed E-state index contributed by atoms with van der Waals surface area (Å²) in [7, 11) is 0. The number of nitrogens with one attached hydrogen (secondary N) is 1. The predicted molar refractivity (Wildman–Crippen MR) is 80.2 cm³/mol. The van der Waals surface area contributed by atoms with E-state index in [1.165, 1.54) is 0 Å². The molecule has 1 atom stereocenters. The molecule has 1 N–H and O–H groups in total. The first-order valence-electron chi connectivity index (χ1n) is 7.55. The van der Waals surface area contributed by atoms with Crippen molar-refractivity contribution in [3.63, 3.8) is 0 Å². The number of hydrogen-bond acceptors (Lipinski definition) is 4. The van der Waals surface area contributed by atoms with E-state index >= 15 is 0 Å². The molecule has 0 aliphatic carbocycles. The first-order valence-corrected chi connectivity index (χ1v) is 7.55. The summed E-state index contributed by atoms with van der Waals surface area (Å²) >= 11 is 0. The number of carbonyl (C=O) groups excluding carboxylic acids is 1. The Hall–Kier alpha value is -1.88. The average molecular weight is 288 g/mol. The van der Waals surface area contributed by atoms with Crippen LogP contribution in [0.2, 0.25) is 0 Å². The molecule has 0 radical (unpaired) electrons. The molecule has 21 heavy (non-hydrogen) atoms. The van der Waals surface area contributed by atoms with Gasteiger partial charge in [0.2, 0.25) is 5.91 Å². The summed E-state index contributed by atoms with van der Waals surface area (Å²) in [5.41, 5.74) is 2.30. The van der Waals surface area contributed by atoms with Gasteiger partial charge in [0.25, 0.3) is 0 Å². The van der Waals surface area contributed by atoms with Gasteiger partial charge in [-0.15, -0.1) is 0 Å². The largest absolute Gasteiger partial charge is 0.441 e. The highest BCUT2D eigenvalue weighted by atomic mass is 16.5. The molecule has 1 saturated heterocycles. The molecular weight excluding hydrogens is 268 g/mol. The summed E-state index contributed by atoms with van der Waals surface area (Å²) in [5.74, 6) is 0.732. The van der Waals surface area contributed by atoms with Crippen molar-refractivity contribution < 1.29 is 13.9 Å². The number of rotatable bonds is 5. The van der Waals surface area contributed by atoms with E-state index in [1.807, 2.05) is 25.1 Å². The minimum Gasteiger partial charge on any atom is -0.441 e. The fourth-order valence-electron chi connectivity index (χ4n) is 2.59. The molecule has 112 valence electrons. The Bertz CT molecular complexity index is 629. The second kappa shape index (κ2) is 6.26. The van der Waals surface area contributed by atoms with Crippen molar-refractivity contribution in [3.8, 4) is 0 Å². The Balaban J connectivity index is 1.59. The fourth-order valence-corrected chi connectivity index (χ4v) is 2.59. The van der Waals surface area contributed by atoms with Crippen molar-refractivity contribution in [2.75, 3.05) is 11.9 Å². The summed E-state index contributed by atoms with van der Waals surface area (Å²) < 4.78 is 11.1. The number of ether oxygens (including phenoxy) is 1. The third-order valence-corrected chi connectivity index (χ3v) is 3.74. The normalized spacial score (nSPS) is 18.2. The van der Waals surface area contributed by atoms with E-state index in [2.05, 4.69) is 10.3 Å². The SMILES string of the molecule is CCc1nc2cc(NC(=O)CCC3CCCO3)ccc2o1. The van der Waals surface area contributed by atoms with Crippen LogP contribution in [-0.4, -0.2) is 23.6 Å². The van der Waals surface area contributed by atoms with Gasteiger partial charge < -0.3 is 14.5 Å². The maximum absolute atomic E-state index is 12.0. The van der Waals surface area contributed by atoms with Crippen molar-refractivity contribution in [3.05, 3.63) is 24.1 Å². The molecule has 2 heterocycles. The van der Waals surface area contributed by atoms with Gasteiger partial charge in [0, 0.05) is 25.1 Å². The van der Waals surface area contributed by atoms with Crippen LogP contribution in [0.4, 0.5) is 5.69 Å². The Morgan fingerprint density at radius 1 is 1.48 bits per heavy atom. The second-order valence-electron chi connectivity index (χ2n) is 5.37. The van der Waals surface area contributed by atoms with Gasteiger partial charge in [-0.2, -0.15) is 0 Å². The number of amides is 1. The molecule has 5 heteroatoms. The fraction of sp³-hybridized carbons (Fsp3) is 0.500. The zero-order chi connectivity index (χ0) is 14.7. The van der Waals surface area contributed by atoms with Crippen LogP contribution in [0.1, 0.15) is 38.5 Å². The number of aromatic nitrogens is 1. The number of carbonyl (C=O) groups is 1. The van der Waals surface area contributed by atoms with Crippen LogP contribution in [0, 0.1) is 0 Å². The van der Waals surface area contributed by atoms with E-state index in [0.717, 1.165) is 49.1 Å². The minimum absolute atomic E-state index is 0.0176. The van der Waals surface area contributed by atoms with Crippen LogP contribution in [0.3, 0.4) is 0 Å². The van der Waals surface area contributed by atoms with Gasteiger partial charge >= 0.3 is 0 Å². The Labute approximate surface area is 123 Å². The van der Waals surface area contributed by atoms with E-state index in [-0.39, 0.29) is 12.0 Å². The number of fused-ring (bicyclic) bond motifs is 1.